The first-order chi connectivity index (χ1) is 14.5. The van der Waals surface area contributed by atoms with Crippen molar-refractivity contribution >= 4 is 28.9 Å². The van der Waals surface area contributed by atoms with Gasteiger partial charge in [0.25, 0.3) is 11.6 Å². The van der Waals surface area contributed by atoms with Crippen molar-refractivity contribution in [2.24, 2.45) is 0 Å². The van der Waals surface area contributed by atoms with Crippen molar-refractivity contribution in [1.29, 1.82) is 0 Å². The number of carbonyl (C=O) groups is 1. The van der Waals surface area contributed by atoms with E-state index in [2.05, 4.69) is 9.97 Å². The largest absolute Gasteiger partial charge is 0.362 e. The molecule has 3 aromatic rings. The summed E-state index contributed by atoms with van der Waals surface area (Å²) in [6.07, 6.45) is 3.07. The van der Waals surface area contributed by atoms with Gasteiger partial charge < -0.3 is 9.80 Å². The van der Waals surface area contributed by atoms with Crippen molar-refractivity contribution in [2.45, 2.75) is 0 Å². The SMILES string of the molecule is O=C(c1cnc(-c2ccccc2)nc1)N1CCN(c2ccc(Cl)cc2[N+](=O)[O-])CC1. The van der Waals surface area contributed by atoms with Crippen LogP contribution in [0, 0.1) is 10.1 Å². The zero-order chi connectivity index (χ0) is 21.1. The zero-order valence-electron chi connectivity index (χ0n) is 15.9. The highest BCUT2D eigenvalue weighted by Crippen LogP contribution is 2.31. The molecule has 1 fully saturated rings. The maximum atomic E-state index is 12.8. The van der Waals surface area contributed by atoms with Crippen molar-refractivity contribution in [3.05, 3.63) is 81.6 Å². The minimum atomic E-state index is -0.440. The van der Waals surface area contributed by atoms with E-state index in [0.717, 1.165) is 5.56 Å². The van der Waals surface area contributed by atoms with E-state index in [1.165, 1.54) is 18.5 Å². The van der Waals surface area contributed by atoms with E-state index in [-0.39, 0.29) is 11.6 Å². The Balaban J connectivity index is 1.43. The second kappa shape index (κ2) is 8.46. The zero-order valence-corrected chi connectivity index (χ0v) is 16.7. The Labute approximate surface area is 177 Å². The lowest BCUT2D eigenvalue weighted by atomic mass is 10.2. The van der Waals surface area contributed by atoms with E-state index in [4.69, 9.17) is 11.6 Å². The molecule has 9 heteroatoms. The van der Waals surface area contributed by atoms with Crippen molar-refractivity contribution in [3.8, 4) is 11.4 Å². The summed E-state index contributed by atoms with van der Waals surface area (Å²) in [7, 11) is 0. The van der Waals surface area contributed by atoms with Crippen LogP contribution in [0.4, 0.5) is 11.4 Å². The highest BCUT2D eigenvalue weighted by atomic mass is 35.5. The average molecular weight is 424 g/mol. The van der Waals surface area contributed by atoms with Gasteiger partial charge in [-0.1, -0.05) is 41.9 Å². The standard InChI is InChI=1S/C21H18ClN5O3/c22-17-6-7-18(19(12-17)27(29)30)25-8-10-26(11-9-25)21(28)16-13-23-20(24-14-16)15-4-2-1-3-5-15/h1-7,12-14H,8-11H2. The molecule has 8 nitrogen and oxygen atoms in total. The molecule has 0 radical (unpaired) electrons. The Morgan fingerprint density at radius 2 is 1.67 bits per heavy atom. The minimum Gasteiger partial charge on any atom is -0.362 e. The van der Waals surface area contributed by atoms with Crippen molar-refractivity contribution < 1.29 is 9.72 Å². The number of halogens is 1. The highest BCUT2D eigenvalue weighted by molar-refractivity contribution is 6.30. The Bertz CT molecular complexity index is 1070. The van der Waals surface area contributed by atoms with Gasteiger partial charge in [-0.15, -0.1) is 0 Å². The van der Waals surface area contributed by atoms with Crippen LogP contribution >= 0.6 is 11.6 Å². The lowest BCUT2D eigenvalue weighted by molar-refractivity contribution is -0.384. The third-order valence-electron chi connectivity index (χ3n) is 4.97. The monoisotopic (exact) mass is 423 g/mol. The number of hydrogen-bond acceptors (Lipinski definition) is 6. The molecule has 1 saturated heterocycles. The van der Waals surface area contributed by atoms with Gasteiger partial charge in [-0.25, -0.2) is 9.97 Å². The molecule has 1 aromatic heterocycles. The van der Waals surface area contributed by atoms with E-state index in [1.54, 1.807) is 17.0 Å². The summed E-state index contributed by atoms with van der Waals surface area (Å²) in [5, 5.41) is 11.7. The first-order valence-corrected chi connectivity index (χ1v) is 9.76. The van der Waals surface area contributed by atoms with Crippen LogP contribution in [-0.2, 0) is 0 Å². The second-order valence-corrected chi connectivity index (χ2v) is 7.27. The normalized spacial score (nSPS) is 13.9. The van der Waals surface area contributed by atoms with E-state index in [1.807, 2.05) is 35.2 Å². The molecule has 0 N–H and O–H groups in total. The van der Waals surface area contributed by atoms with Crippen LogP contribution in [-0.4, -0.2) is 51.9 Å². The molecule has 1 amide bonds. The van der Waals surface area contributed by atoms with Crippen LogP contribution in [0.2, 0.25) is 5.02 Å². The predicted octanol–water partition coefficient (Wildman–Crippen LogP) is 3.67. The Kier molecular flexibility index (Phi) is 5.58. The van der Waals surface area contributed by atoms with Crippen LogP contribution in [0.5, 0.6) is 0 Å². The first kappa shape index (κ1) is 19.8. The molecule has 1 aliphatic heterocycles. The van der Waals surface area contributed by atoms with Crippen LogP contribution in [0.25, 0.3) is 11.4 Å². The topological polar surface area (TPSA) is 92.5 Å². The minimum absolute atomic E-state index is 0.0350. The van der Waals surface area contributed by atoms with Crippen LogP contribution in [0.1, 0.15) is 10.4 Å². The third kappa shape index (κ3) is 4.08. The third-order valence-corrected chi connectivity index (χ3v) is 5.21. The van der Waals surface area contributed by atoms with Gasteiger partial charge in [0.15, 0.2) is 5.82 Å². The van der Waals surface area contributed by atoms with Crippen molar-refractivity contribution in [3.63, 3.8) is 0 Å². The molecule has 0 unspecified atom stereocenters. The number of nitrogens with zero attached hydrogens (tertiary/aromatic N) is 5. The quantitative estimate of drug-likeness (QED) is 0.469. The number of nitro groups is 1. The Morgan fingerprint density at radius 1 is 1.00 bits per heavy atom. The summed E-state index contributed by atoms with van der Waals surface area (Å²) in [5.41, 5.74) is 1.77. The van der Waals surface area contributed by atoms with Gasteiger partial charge in [0.1, 0.15) is 5.69 Å². The van der Waals surface area contributed by atoms with Crippen LogP contribution in [0.3, 0.4) is 0 Å². The van der Waals surface area contributed by atoms with Crippen molar-refractivity contribution in [2.75, 3.05) is 31.1 Å². The molecular weight excluding hydrogens is 406 g/mol. The molecule has 30 heavy (non-hydrogen) atoms. The Hall–Kier alpha value is -3.52. The van der Waals surface area contributed by atoms with Gasteiger partial charge in [-0.05, 0) is 12.1 Å². The average Bonchev–Trinajstić information content (AvgIpc) is 2.79. The summed E-state index contributed by atoms with van der Waals surface area (Å²) in [5.74, 6) is 0.409. The number of hydrogen-bond donors (Lipinski definition) is 0. The molecule has 0 atom stereocenters. The fourth-order valence-corrected chi connectivity index (χ4v) is 3.58. The molecule has 4 rings (SSSR count). The maximum absolute atomic E-state index is 12.8. The van der Waals surface area contributed by atoms with Gasteiger partial charge in [0, 0.05) is 55.2 Å². The lowest BCUT2D eigenvalue weighted by Gasteiger charge is -2.35. The van der Waals surface area contributed by atoms with E-state index in [9.17, 15) is 14.9 Å². The van der Waals surface area contributed by atoms with E-state index in [0.29, 0.717) is 48.3 Å². The predicted molar refractivity (Wildman–Crippen MR) is 114 cm³/mol. The molecule has 152 valence electrons. The van der Waals surface area contributed by atoms with Crippen LogP contribution < -0.4 is 4.90 Å². The number of carbonyl (C=O) groups excluding carboxylic acids is 1. The maximum Gasteiger partial charge on any atom is 0.294 e. The fourth-order valence-electron chi connectivity index (χ4n) is 3.42. The summed E-state index contributed by atoms with van der Waals surface area (Å²) in [4.78, 5) is 35.9. The molecule has 2 heterocycles. The van der Waals surface area contributed by atoms with Gasteiger partial charge in [0.2, 0.25) is 0 Å². The van der Waals surface area contributed by atoms with Gasteiger partial charge >= 0.3 is 0 Å². The number of anilines is 1. The Morgan fingerprint density at radius 3 is 2.30 bits per heavy atom. The summed E-state index contributed by atoms with van der Waals surface area (Å²) in [6.45, 7) is 1.85. The molecule has 2 aromatic carbocycles. The van der Waals surface area contributed by atoms with Crippen molar-refractivity contribution in [1.82, 2.24) is 14.9 Å². The number of rotatable bonds is 4. The van der Waals surface area contributed by atoms with Gasteiger partial charge in [0.05, 0.1) is 10.5 Å². The summed E-state index contributed by atoms with van der Waals surface area (Å²) in [6, 6.07) is 14.2. The molecule has 0 spiro atoms. The number of benzene rings is 2. The molecule has 0 aliphatic carbocycles. The number of amides is 1. The lowest BCUT2D eigenvalue weighted by Crippen LogP contribution is -2.49. The molecule has 0 bridgehead atoms. The second-order valence-electron chi connectivity index (χ2n) is 6.83. The molecule has 0 saturated carbocycles. The summed E-state index contributed by atoms with van der Waals surface area (Å²) >= 11 is 5.89. The number of aromatic nitrogens is 2. The number of nitro benzene ring substituents is 1. The molecular formula is C21H18ClN5O3. The summed E-state index contributed by atoms with van der Waals surface area (Å²) < 4.78 is 0. The van der Waals surface area contributed by atoms with E-state index < -0.39 is 4.92 Å². The van der Waals surface area contributed by atoms with Gasteiger partial charge in [-0.3, -0.25) is 14.9 Å². The highest BCUT2D eigenvalue weighted by Gasteiger charge is 2.26. The smallest absolute Gasteiger partial charge is 0.294 e. The van der Waals surface area contributed by atoms with Crippen LogP contribution in [0.15, 0.2) is 60.9 Å². The molecule has 1 aliphatic rings. The van der Waals surface area contributed by atoms with E-state index >= 15 is 0 Å². The van der Waals surface area contributed by atoms with Gasteiger partial charge in [-0.2, -0.15) is 0 Å². The number of piperazine rings is 1. The first-order valence-electron chi connectivity index (χ1n) is 9.38. The fraction of sp³-hybridized carbons (Fsp3) is 0.190.